The van der Waals surface area contributed by atoms with Gasteiger partial charge in [-0.25, -0.2) is 0 Å². The second-order valence-corrected chi connectivity index (χ2v) is 8.66. The highest BCUT2D eigenvalue weighted by Crippen LogP contribution is 2.49. The van der Waals surface area contributed by atoms with E-state index in [1.807, 2.05) is 0 Å². The van der Waals surface area contributed by atoms with Crippen molar-refractivity contribution in [3.05, 3.63) is 0 Å². The van der Waals surface area contributed by atoms with E-state index in [4.69, 9.17) is 10.7 Å². The third-order valence-electron chi connectivity index (χ3n) is 1.21. The van der Waals surface area contributed by atoms with Gasteiger partial charge in [0, 0.05) is 5.75 Å². The lowest BCUT2D eigenvalue weighted by atomic mass is 10.2. The van der Waals surface area contributed by atoms with Crippen LogP contribution < -0.4 is 0 Å². The molecule has 70 valence electrons. The maximum Gasteiger partial charge on any atom is 0.392 e. The van der Waals surface area contributed by atoms with Gasteiger partial charge in [-0.3, -0.25) is 0 Å². The van der Waals surface area contributed by atoms with E-state index in [9.17, 15) is 13.2 Å². The van der Waals surface area contributed by atoms with Gasteiger partial charge in [0.1, 0.15) is 0 Å². The van der Waals surface area contributed by atoms with Crippen molar-refractivity contribution in [1.29, 1.82) is 0 Å². The van der Waals surface area contributed by atoms with E-state index in [0.29, 0.717) is 0 Å². The summed E-state index contributed by atoms with van der Waals surface area (Å²) in [5.41, 5.74) is 0. The SMILES string of the molecule is CC(CS(C)(C)Cl)C(F)(F)F. The maximum absolute atomic E-state index is 11.9. The molecule has 1 atom stereocenters. The zero-order valence-corrected chi connectivity index (χ0v) is 8.28. The topological polar surface area (TPSA) is 0 Å². The zero-order valence-electron chi connectivity index (χ0n) is 6.70. The molecule has 0 aliphatic rings. The molecule has 5 heteroatoms. The highest BCUT2D eigenvalue weighted by Gasteiger charge is 2.37. The van der Waals surface area contributed by atoms with E-state index in [0.717, 1.165) is 6.92 Å². The first kappa shape index (κ1) is 11.4. The van der Waals surface area contributed by atoms with Crippen LogP contribution >= 0.6 is 19.9 Å². The molecule has 0 amide bonds. The molecule has 0 aromatic carbocycles. The molecule has 0 aliphatic carbocycles. The minimum absolute atomic E-state index is 0.0397. The molecule has 0 bridgehead atoms. The monoisotopic (exact) mass is 208 g/mol. The van der Waals surface area contributed by atoms with Gasteiger partial charge in [0.2, 0.25) is 0 Å². The maximum atomic E-state index is 11.9. The summed E-state index contributed by atoms with van der Waals surface area (Å²) < 4.78 is 35.8. The Labute approximate surface area is 70.9 Å². The number of hydrogen-bond acceptors (Lipinski definition) is 0. The Morgan fingerprint density at radius 1 is 1.36 bits per heavy atom. The van der Waals surface area contributed by atoms with Crippen molar-refractivity contribution < 1.29 is 13.2 Å². The lowest BCUT2D eigenvalue weighted by Crippen LogP contribution is -2.24. The van der Waals surface area contributed by atoms with Crippen LogP contribution in [-0.4, -0.2) is 24.4 Å². The van der Waals surface area contributed by atoms with E-state index in [2.05, 4.69) is 0 Å². The molecule has 1 unspecified atom stereocenters. The molecule has 0 fully saturated rings. The highest BCUT2D eigenvalue weighted by molar-refractivity contribution is 8.50. The highest BCUT2D eigenvalue weighted by atomic mass is 35.7. The Morgan fingerprint density at radius 3 is 1.82 bits per heavy atom. The van der Waals surface area contributed by atoms with Gasteiger partial charge >= 0.3 is 6.18 Å². The predicted octanol–water partition coefficient (Wildman–Crippen LogP) is 3.40. The van der Waals surface area contributed by atoms with E-state index < -0.39 is 21.3 Å². The van der Waals surface area contributed by atoms with Gasteiger partial charge in [0.15, 0.2) is 0 Å². The van der Waals surface area contributed by atoms with E-state index in [-0.39, 0.29) is 5.75 Å². The molecule has 0 spiro atoms. The van der Waals surface area contributed by atoms with Crippen LogP contribution in [0.1, 0.15) is 6.92 Å². The summed E-state index contributed by atoms with van der Waals surface area (Å²) in [6.45, 7) is 1.16. The third-order valence-corrected chi connectivity index (χ3v) is 2.88. The van der Waals surface area contributed by atoms with Gasteiger partial charge < -0.3 is 0 Å². The number of alkyl halides is 3. The molecule has 0 heterocycles. The van der Waals surface area contributed by atoms with Crippen molar-refractivity contribution in [1.82, 2.24) is 0 Å². The Bertz CT molecular complexity index is 127. The quantitative estimate of drug-likeness (QED) is 0.653. The molecule has 0 N–H and O–H groups in total. The molecule has 0 saturated carbocycles. The Balaban J connectivity index is 3.99. The fourth-order valence-electron chi connectivity index (χ4n) is 0.689. The van der Waals surface area contributed by atoms with Gasteiger partial charge in [0.05, 0.1) is 5.92 Å². The van der Waals surface area contributed by atoms with E-state index in [1.54, 1.807) is 12.5 Å². The van der Waals surface area contributed by atoms with Crippen LogP contribution in [-0.2, 0) is 0 Å². The average molecular weight is 209 g/mol. The van der Waals surface area contributed by atoms with Crippen LogP contribution in [0.2, 0.25) is 0 Å². The fraction of sp³-hybridized carbons (Fsp3) is 1.00. The lowest BCUT2D eigenvalue weighted by molar-refractivity contribution is -0.163. The molecule has 0 aliphatic heterocycles. The van der Waals surface area contributed by atoms with Crippen molar-refractivity contribution in [2.24, 2.45) is 5.92 Å². The molecular weight excluding hydrogens is 197 g/mol. The van der Waals surface area contributed by atoms with Crippen LogP contribution in [0.3, 0.4) is 0 Å². The average Bonchev–Trinajstić information content (AvgIpc) is 1.56. The minimum atomic E-state index is -4.10. The molecule has 11 heavy (non-hydrogen) atoms. The molecule has 0 nitrogen and oxygen atoms in total. The van der Waals surface area contributed by atoms with Crippen LogP contribution in [0.25, 0.3) is 0 Å². The smallest absolute Gasteiger partial charge is 0.171 e. The lowest BCUT2D eigenvalue weighted by Gasteiger charge is -2.27. The van der Waals surface area contributed by atoms with Gasteiger partial charge in [-0.1, -0.05) is 17.6 Å². The van der Waals surface area contributed by atoms with Crippen molar-refractivity contribution in [3.63, 3.8) is 0 Å². The molecule has 0 rings (SSSR count). The molecule has 0 radical (unpaired) electrons. The number of rotatable bonds is 2. The van der Waals surface area contributed by atoms with Crippen molar-refractivity contribution in [2.75, 3.05) is 18.3 Å². The first-order chi connectivity index (χ1) is 4.63. The zero-order chi connectivity index (χ0) is 9.28. The molecule has 0 aromatic rings. The normalized spacial score (nSPS) is 18.1. The van der Waals surface area contributed by atoms with Crippen LogP contribution in [0.5, 0.6) is 0 Å². The van der Waals surface area contributed by atoms with Crippen molar-refractivity contribution in [2.45, 2.75) is 13.1 Å². The predicted molar refractivity (Wildman–Crippen MR) is 45.4 cm³/mol. The van der Waals surface area contributed by atoms with Crippen molar-refractivity contribution >= 4 is 19.9 Å². The summed E-state index contributed by atoms with van der Waals surface area (Å²) in [7, 11) is 4.16. The number of hydrogen-bond donors (Lipinski definition) is 0. The van der Waals surface area contributed by atoms with Gasteiger partial charge in [0.25, 0.3) is 0 Å². The summed E-state index contributed by atoms with van der Waals surface area (Å²) >= 11 is 0. The van der Waals surface area contributed by atoms with Gasteiger partial charge in [-0.2, -0.15) is 22.4 Å². The Kier molecular flexibility index (Phi) is 3.57. The van der Waals surface area contributed by atoms with Crippen LogP contribution in [0.15, 0.2) is 0 Å². The standard InChI is InChI=1S/C6H12ClF3S/c1-5(6(8,9)10)4-11(2,3)7/h5H,4H2,1-3H3. The first-order valence-electron chi connectivity index (χ1n) is 3.10. The summed E-state index contributed by atoms with van der Waals surface area (Å²) in [6, 6.07) is 0. The summed E-state index contributed by atoms with van der Waals surface area (Å²) in [5, 5.41) is 0. The summed E-state index contributed by atoms with van der Waals surface area (Å²) in [4.78, 5) is 0. The first-order valence-corrected chi connectivity index (χ1v) is 6.55. The largest absolute Gasteiger partial charge is 0.392 e. The van der Waals surface area contributed by atoms with E-state index in [1.165, 1.54) is 0 Å². The van der Waals surface area contributed by atoms with Crippen LogP contribution in [0.4, 0.5) is 13.2 Å². The summed E-state index contributed by atoms with van der Waals surface area (Å²) in [5.74, 6) is -1.25. The Morgan fingerprint density at radius 2 is 1.73 bits per heavy atom. The van der Waals surface area contributed by atoms with Gasteiger partial charge in [-0.05, 0) is 12.5 Å². The van der Waals surface area contributed by atoms with E-state index >= 15 is 0 Å². The number of halogens is 4. The minimum Gasteiger partial charge on any atom is -0.171 e. The molecular formula is C6H12ClF3S. The van der Waals surface area contributed by atoms with Crippen LogP contribution in [0, 0.1) is 5.92 Å². The second-order valence-electron chi connectivity index (χ2n) is 3.01. The molecule has 0 saturated heterocycles. The summed E-state index contributed by atoms with van der Waals surface area (Å²) in [6.07, 6.45) is -0.771. The Hall–Kier alpha value is 0.430. The van der Waals surface area contributed by atoms with Gasteiger partial charge in [-0.15, -0.1) is 0 Å². The molecule has 0 aromatic heterocycles. The fourth-order valence-corrected chi connectivity index (χ4v) is 2.63. The third kappa shape index (κ3) is 5.67. The van der Waals surface area contributed by atoms with Crippen molar-refractivity contribution in [3.8, 4) is 0 Å². The second kappa shape index (κ2) is 3.44.